The molecule has 0 atom stereocenters. The molecule has 666 valence electrons. The molecular weight excluding hydrogens is 1590 g/mol. The van der Waals surface area contributed by atoms with E-state index < -0.39 is 20.7 Å². The van der Waals surface area contributed by atoms with Crippen LogP contribution in [0.4, 0.5) is 0 Å². The lowest BCUT2D eigenvalue weighted by molar-refractivity contribution is 0.444. The zero-order chi connectivity index (χ0) is 94.8. The Morgan fingerprint density at radius 1 is 0.219 bits per heavy atom. The molecule has 3 nitrogen and oxygen atoms in total. The van der Waals surface area contributed by atoms with E-state index in [1.54, 1.807) is 6.07 Å². The van der Waals surface area contributed by atoms with E-state index in [0.29, 0.717) is 4.90 Å². The topological polar surface area (TPSA) is 43.4 Å². The van der Waals surface area contributed by atoms with Crippen LogP contribution in [0.2, 0.25) is 0 Å². The predicted molar refractivity (Wildman–Crippen MR) is 557 cm³/mol. The molecule has 3 aliphatic heterocycles. The van der Waals surface area contributed by atoms with Crippen molar-refractivity contribution in [3.8, 4) is 72.5 Å². The molecule has 0 saturated heterocycles. The number of para-hydroxylation sites is 1. The fraction of sp³-hybridized carbons (Fsp3) is 0.366. The van der Waals surface area contributed by atoms with Gasteiger partial charge in [0.25, 0.3) is 0 Å². The first-order chi connectivity index (χ1) is 60.4. The van der Waals surface area contributed by atoms with Crippen LogP contribution in [-0.4, -0.2) is 8.42 Å². The molecule has 6 aliphatic rings. The van der Waals surface area contributed by atoms with E-state index in [4.69, 9.17) is 4.74 Å². The van der Waals surface area contributed by atoms with E-state index in [9.17, 15) is 8.42 Å². The highest BCUT2D eigenvalue weighted by molar-refractivity contribution is 8.02. The normalized spacial score (nSPS) is 14.3. The average molecular weight is 1730 g/mol. The van der Waals surface area contributed by atoms with Crippen molar-refractivity contribution >= 4 is 21.6 Å². The van der Waals surface area contributed by atoms with E-state index in [-0.39, 0.29) is 5.41 Å². The van der Waals surface area contributed by atoms with Crippen LogP contribution in [0.3, 0.4) is 0 Å². The van der Waals surface area contributed by atoms with E-state index in [1.807, 2.05) is 77.8 Å². The van der Waals surface area contributed by atoms with Gasteiger partial charge >= 0.3 is 0 Å². The van der Waals surface area contributed by atoms with E-state index in [0.717, 1.165) is 11.3 Å². The third kappa shape index (κ3) is 13.0. The number of hydrogen-bond acceptors (Lipinski definition) is 4. The van der Waals surface area contributed by atoms with E-state index in [2.05, 4.69) is 321 Å². The second kappa shape index (κ2) is 34.4. The molecular formula is C123H144O3S2. The molecule has 0 N–H and O–H groups in total. The number of sulfone groups is 1. The maximum atomic E-state index is 13.7. The largest absolute Gasteiger partial charge is 0.465 e. The van der Waals surface area contributed by atoms with E-state index >= 15 is 0 Å². The summed E-state index contributed by atoms with van der Waals surface area (Å²) in [6.45, 7) is 95.3. The summed E-state index contributed by atoms with van der Waals surface area (Å²) in [7, 11) is -3.59. The highest BCUT2D eigenvalue weighted by atomic mass is 32.2. The number of fused-ring (bicyclic) bond motifs is 27. The van der Waals surface area contributed by atoms with Crippen molar-refractivity contribution in [2.75, 3.05) is 0 Å². The number of hydrogen-bond donors (Lipinski definition) is 0. The Kier molecular flexibility index (Phi) is 25.6. The van der Waals surface area contributed by atoms with Crippen LogP contribution in [0.5, 0.6) is 5.75 Å². The van der Waals surface area contributed by atoms with Crippen molar-refractivity contribution in [3.05, 3.63) is 358 Å². The van der Waals surface area contributed by atoms with Crippen molar-refractivity contribution in [3.63, 3.8) is 0 Å². The molecule has 0 radical (unpaired) electrons. The Morgan fingerprint density at radius 3 is 0.711 bits per heavy atom. The third-order valence-corrected chi connectivity index (χ3v) is 36.2. The van der Waals surface area contributed by atoms with Gasteiger partial charge in [-0.1, -0.05) is 120 Å². The second-order valence-corrected chi connectivity index (χ2v) is 40.6. The van der Waals surface area contributed by atoms with Crippen molar-refractivity contribution < 1.29 is 13.2 Å². The van der Waals surface area contributed by atoms with Crippen LogP contribution < -0.4 is 4.74 Å². The van der Waals surface area contributed by atoms with Crippen molar-refractivity contribution in [2.45, 2.75) is 317 Å². The lowest BCUT2D eigenvalue weighted by atomic mass is 9.62. The lowest BCUT2D eigenvalue weighted by Crippen LogP contribution is -2.35. The predicted octanol–water partition coefficient (Wildman–Crippen LogP) is 34.0. The van der Waals surface area contributed by atoms with Gasteiger partial charge in [-0.25, -0.2) is 8.42 Å². The molecule has 12 aromatic rings. The number of rotatable bonds is 0. The van der Waals surface area contributed by atoms with Crippen LogP contribution in [0, 0.1) is 249 Å². The molecule has 18 rings (SSSR count). The zero-order valence-corrected chi connectivity index (χ0v) is 87.6. The molecule has 0 bridgehead atoms. The molecule has 12 aromatic carbocycles. The Bertz CT molecular complexity index is 6460. The first-order valence-electron chi connectivity index (χ1n) is 47.3. The fourth-order valence-corrected chi connectivity index (χ4v) is 26.3. The summed E-state index contributed by atoms with van der Waals surface area (Å²) in [4.78, 5) is 1.76. The summed E-state index contributed by atoms with van der Waals surface area (Å²) in [5.74, 6) is 0.944. The molecule has 0 unspecified atom stereocenters. The highest BCUT2D eigenvalue weighted by Crippen LogP contribution is 2.67. The maximum Gasteiger partial charge on any atom is 0.199 e. The monoisotopic (exact) mass is 1730 g/mol. The molecule has 0 saturated carbocycles. The fourth-order valence-electron chi connectivity index (χ4n) is 24.0. The molecule has 3 heterocycles. The van der Waals surface area contributed by atoms with Gasteiger partial charge in [0.15, 0.2) is 9.84 Å². The number of allylic oxidation sites excluding steroid dienone is 3. The number of thioether (sulfide) groups is 1. The minimum Gasteiger partial charge on any atom is -0.465 e. The Balaban J connectivity index is 0.000000159. The molecule has 3 aliphatic carbocycles. The standard InChI is InChI=1S/C39H42O2S.C39H42O.C39H42S.3C2H6/c1-19-20(2)26(8)34-33(25(19)7)35-27(9)21(3)23(5)29(11)37(35)39(38-30(12)24(6)22(4)28(10)36(34)38)17-18-42(40,41)32-16-14-13-15-31(32)39;2*1-19-20(2)26(8)34-33(25(19)7)35-27(9)21(3)23(5)29(11)37(35)39(17-18-40-32-16-14-13-15-31(32)39)38-30(12)24(6)22(4)28(10)36(34)38;3*1-2/h13-18H,1-12H3;2*13-18H,1-12H3;3*1-2H3. The molecule has 0 aromatic heterocycles. The van der Waals surface area contributed by atoms with Gasteiger partial charge in [-0.3, -0.25) is 0 Å². The lowest BCUT2D eigenvalue weighted by Gasteiger charge is -2.41. The van der Waals surface area contributed by atoms with Crippen LogP contribution in [0.25, 0.3) is 66.8 Å². The minimum atomic E-state index is -3.59. The van der Waals surface area contributed by atoms with Gasteiger partial charge < -0.3 is 4.74 Å². The number of benzene rings is 12. The van der Waals surface area contributed by atoms with Crippen molar-refractivity contribution in [1.82, 2.24) is 0 Å². The third-order valence-electron chi connectivity index (χ3n) is 33.8. The van der Waals surface area contributed by atoms with Crippen molar-refractivity contribution in [2.24, 2.45) is 0 Å². The summed E-state index contributed by atoms with van der Waals surface area (Å²) in [6.07, 6.45) is 8.90. The molecule has 5 heteroatoms. The second-order valence-electron chi connectivity index (χ2n) is 37.9. The molecule has 0 fully saturated rings. The zero-order valence-electron chi connectivity index (χ0n) is 85.9. The Morgan fingerprint density at radius 2 is 0.430 bits per heavy atom. The van der Waals surface area contributed by atoms with E-state index in [1.165, 1.54) is 322 Å². The minimum absolute atomic E-state index is 0.382. The smallest absolute Gasteiger partial charge is 0.199 e. The summed E-state index contributed by atoms with van der Waals surface area (Å²) in [5.41, 5.74) is 75.8. The quantitative estimate of drug-likeness (QED) is 0.152. The van der Waals surface area contributed by atoms with Crippen LogP contribution >= 0.6 is 11.8 Å². The van der Waals surface area contributed by atoms with Crippen LogP contribution in [0.15, 0.2) is 118 Å². The van der Waals surface area contributed by atoms with Gasteiger partial charge in [-0.2, -0.15) is 0 Å². The van der Waals surface area contributed by atoms with Gasteiger partial charge in [-0.05, 0) is 590 Å². The number of ether oxygens (including phenoxy) is 1. The van der Waals surface area contributed by atoms with Crippen LogP contribution in [0.1, 0.15) is 292 Å². The van der Waals surface area contributed by atoms with Crippen LogP contribution in [-0.2, 0) is 26.1 Å². The summed E-state index contributed by atoms with van der Waals surface area (Å²) in [6, 6.07) is 25.6. The Hall–Kier alpha value is -10.0. The SMILES string of the molecule is CC.CC.CC.Cc1c(C)c(C)c2c(c1C)-c1c(C)c(C)c(C)c(C)c1C1(C=COc3ccccc31)c1c(C)c(C)c(C)c(C)c1-2.Cc1c(C)c(C)c2c(c1C)-c1c(C)c(C)c(C)c(C)c1C1(C=CS(=O)(=O)c3ccccc31)c1c(C)c(C)c(C)c(C)c1-2.Cc1c(C)c(C)c2c(c1C)-c1c(C)c(C)c(C)c(C)c1C1(C=CSc3ccccc31)c1c(C)c(C)c(C)c(C)c1-2. The highest BCUT2D eigenvalue weighted by Gasteiger charge is 2.53. The summed E-state index contributed by atoms with van der Waals surface area (Å²) in [5, 5.41) is 3.86. The van der Waals surface area contributed by atoms with Gasteiger partial charge in [0.2, 0.25) is 0 Å². The average Bonchev–Trinajstić information content (AvgIpc) is 1.52. The van der Waals surface area contributed by atoms with Gasteiger partial charge in [0, 0.05) is 15.9 Å². The first kappa shape index (κ1) is 95.5. The van der Waals surface area contributed by atoms with Crippen molar-refractivity contribution in [1.29, 1.82) is 0 Å². The molecule has 3 spiro atoms. The van der Waals surface area contributed by atoms with Gasteiger partial charge in [0.05, 0.1) is 27.4 Å². The summed E-state index contributed by atoms with van der Waals surface area (Å²) >= 11 is 1.86. The maximum absolute atomic E-state index is 13.7. The molecule has 0 amide bonds. The summed E-state index contributed by atoms with van der Waals surface area (Å²) < 4.78 is 33.6. The Labute approximate surface area is 776 Å². The molecule has 128 heavy (non-hydrogen) atoms. The van der Waals surface area contributed by atoms with Gasteiger partial charge in [0.1, 0.15) is 5.75 Å². The van der Waals surface area contributed by atoms with Gasteiger partial charge in [-0.15, -0.1) is 0 Å². The first-order valence-corrected chi connectivity index (χ1v) is 49.7.